The van der Waals surface area contributed by atoms with Crippen molar-refractivity contribution in [3.8, 4) is 0 Å². The van der Waals surface area contributed by atoms with E-state index in [1.807, 2.05) is 6.07 Å². The Morgan fingerprint density at radius 1 is 1.33 bits per heavy atom. The summed E-state index contributed by atoms with van der Waals surface area (Å²) >= 11 is 0. The summed E-state index contributed by atoms with van der Waals surface area (Å²) in [5.74, 6) is 2.06. The van der Waals surface area contributed by atoms with Gasteiger partial charge in [-0.1, -0.05) is 0 Å². The number of aromatic nitrogens is 2. The fourth-order valence-electron chi connectivity index (χ4n) is 3.62. The predicted octanol–water partition coefficient (Wildman–Crippen LogP) is 0.613. The molecule has 2 unspecified atom stereocenters. The molecular formula is C15H23N5O. The van der Waals surface area contributed by atoms with Crippen LogP contribution in [-0.2, 0) is 0 Å². The molecule has 0 aliphatic carbocycles. The lowest BCUT2D eigenvalue weighted by Crippen LogP contribution is -2.45. The first-order valence-electron chi connectivity index (χ1n) is 7.45. The molecule has 0 saturated carbocycles. The topological polar surface area (TPSA) is 61.4 Å². The molecule has 6 nitrogen and oxygen atoms in total. The highest BCUT2D eigenvalue weighted by Crippen LogP contribution is 2.42. The molecule has 6 heteroatoms. The fourth-order valence-corrected chi connectivity index (χ4v) is 3.62. The van der Waals surface area contributed by atoms with Crippen LogP contribution in [0, 0.1) is 11.8 Å². The molecule has 114 valence electrons. The minimum absolute atomic E-state index is 0.0654. The Hall–Kier alpha value is -1.69. The minimum atomic E-state index is -0.115. The Morgan fingerprint density at radius 3 is 2.67 bits per heavy atom. The van der Waals surface area contributed by atoms with Crippen LogP contribution in [0.2, 0.25) is 0 Å². The number of hydrogen-bond donors (Lipinski definition) is 1. The van der Waals surface area contributed by atoms with Gasteiger partial charge in [-0.2, -0.15) is 0 Å². The third-order valence-electron chi connectivity index (χ3n) is 4.91. The maximum absolute atomic E-state index is 11.9. The molecule has 1 amide bonds. The Labute approximate surface area is 125 Å². The van der Waals surface area contributed by atoms with Gasteiger partial charge in [-0.3, -0.25) is 4.79 Å². The van der Waals surface area contributed by atoms with Crippen LogP contribution in [0.1, 0.15) is 24.3 Å². The second kappa shape index (κ2) is 4.94. The molecule has 1 aromatic rings. The molecule has 0 spiro atoms. The molecular weight excluding hydrogens is 266 g/mol. The normalized spacial score (nSPS) is 26.8. The molecule has 3 rings (SSSR count). The standard InChI is InChI=1S/C15H23N5O/c1-15(2)11-8-16-7-10(11)9-20(15)13-6-5-12(17-18-13)14(21)19(3)4/h5-6,10-11,16H,7-9H2,1-4H3. The van der Waals surface area contributed by atoms with E-state index in [-0.39, 0.29) is 11.4 Å². The minimum Gasteiger partial charge on any atom is -0.349 e. The zero-order valence-electron chi connectivity index (χ0n) is 13.1. The van der Waals surface area contributed by atoms with Gasteiger partial charge in [-0.25, -0.2) is 0 Å². The highest BCUT2D eigenvalue weighted by molar-refractivity contribution is 5.91. The average Bonchev–Trinajstić information content (AvgIpc) is 3.01. The molecule has 1 N–H and O–H groups in total. The number of rotatable bonds is 2. The van der Waals surface area contributed by atoms with Crippen LogP contribution in [0.5, 0.6) is 0 Å². The summed E-state index contributed by atoms with van der Waals surface area (Å²) in [5, 5.41) is 11.9. The van der Waals surface area contributed by atoms with Crippen molar-refractivity contribution in [2.75, 3.05) is 38.6 Å². The lowest BCUT2D eigenvalue weighted by Gasteiger charge is -2.36. The second-order valence-electron chi connectivity index (χ2n) is 6.77. The van der Waals surface area contributed by atoms with Gasteiger partial charge < -0.3 is 15.1 Å². The molecule has 0 radical (unpaired) electrons. The molecule has 1 aromatic heterocycles. The molecule has 3 heterocycles. The smallest absolute Gasteiger partial charge is 0.273 e. The average molecular weight is 289 g/mol. The molecule has 0 bridgehead atoms. The summed E-state index contributed by atoms with van der Waals surface area (Å²) in [5.41, 5.74) is 0.457. The maximum atomic E-state index is 11.9. The van der Waals surface area contributed by atoms with Crippen molar-refractivity contribution in [1.82, 2.24) is 20.4 Å². The van der Waals surface area contributed by atoms with Gasteiger partial charge in [0.15, 0.2) is 11.5 Å². The summed E-state index contributed by atoms with van der Waals surface area (Å²) in [7, 11) is 3.44. The van der Waals surface area contributed by atoms with E-state index in [0.717, 1.165) is 25.5 Å². The number of fused-ring (bicyclic) bond motifs is 1. The monoisotopic (exact) mass is 289 g/mol. The van der Waals surface area contributed by atoms with Crippen LogP contribution in [-0.4, -0.2) is 60.3 Å². The number of nitrogens with one attached hydrogen (secondary N) is 1. The maximum Gasteiger partial charge on any atom is 0.273 e. The fraction of sp³-hybridized carbons (Fsp3) is 0.667. The van der Waals surface area contributed by atoms with Gasteiger partial charge >= 0.3 is 0 Å². The van der Waals surface area contributed by atoms with Crippen LogP contribution < -0.4 is 10.2 Å². The van der Waals surface area contributed by atoms with E-state index in [4.69, 9.17) is 0 Å². The predicted molar refractivity (Wildman–Crippen MR) is 81.3 cm³/mol. The van der Waals surface area contributed by atoms with E-state index in [9.17, 15) is 4.79 Å². The van der Waals surface area contributed by atoms with Gasteiger partial charge in [-0.05, 0) is 37.8 Å². The number of carbonyl (C=O) groups excluding carboxylic acids is 1. The van der Waals surface area contributed by atoms with Gasteiger partial charge in [0.25, 0.3) is 5.91 Å². The van der Waals surface area contributed by atoms with E-state index in [1.165, 1.54) is 4.90 Å². The van der Waals surface area contributed by atoms with Crippen LogP contribution in [0.4, 0.5) is 5.82 Å². The van der Waals surface area contributed by atoms with Crippen LogP contribution in [0.15, 0.2) is 12.1 Å². The number of amides is 1. The van der Waals surface area contributed by atoms with E-state index in [1.54, 1.807) is 20.2 Å². The largest absolute Gasteiger partial charge is 0.349 e. The molecule has 2 aliphatic heterocycles. The highest BCUT2D eigenvalue weighted by Gasteiger charge is 2.50. The van der Waals surface area contributed by atoms with Crippen molar-refractivity contribution < 1.29 is 4.79 Å². The first-order valence-corrected chi connectivity index (χ1v) is 7.45. The zero-order valence-corrected chi connectivity index (χ0v) is 13.1. The first-order chi connectivity index (χ1) is 9.91. The first kappa shape index (κ1) is 14.3. The van der Waals surface area contributed by atoms with Crippen LogP contribution in [0.25, 0.3) is 0 Å². The number of hydrogen-bond acceptors (Lipinski definition) is 5. The van der Waals surface area contributed by atoms with Crippen molar-refractivity contribution in [2.24, 2.45) is 11.8 Å². The summed E-state index contributed by atoms with van der Waals surface area (Å²) in [6.07, 6.45) is 0. The molecule has 2 atom stereocenters. The number of anilines is 1. The van der Waals surface area contributed by atoms with Crippen molar-refractivity contribution in [2.45, 2.75) is 19.4 Å². The SMILES string of the molecule is CN(C)C(=O)c1ccc(N2CC3CNCC3C2(C)C)nn1. The molecule has 2 fully saturated rings. The lowest BCUT2D eigenvalue weighted by molar-refractivity contribution is 0.0821. The summed E-state index contributed by atoms with van der Waals surface area (Å²) < 4.78 is 0. The summed E-state index contributed by atoms with van der Waals surface area (Å²) in [6.45, 7) is 7.69. The highest BCUT2D eigenvalue weighted by atomic mass is 16.2. The van der Waals surface area contributed by atoms with Crippen molar-refractivity contribution in [3.63, 3.8) is 0 Å². The van der Waals surface area contributed by atoms with Gasteiger partial charge in [0.2, 0.25) is 0 Å². The van der Waals surface area contributed by atoms with Crippen LogP contribution >= 0.6 is 0 Å². The molecule has 0 aromatic carbocycles. The Bertz CT molecular complexity index is 539. The van der Waals surface area contributed by atoms with Gasteiger partial charge in [0.1, 0.15) is 0 Å². The second-order valence-corrected chi connectivity index (χ2v) is 6.77. The Kier molecular flexibility index (Phi) is 3.36. The van der Waals surface area contributed by atoms with Gasteiger partial charge in [0.05, 0.1) is 0 Å². The van der Waals surface area contributed by atoms with Crippen molar-refractivity contribution in [3.05, 3.63) is 17.8 Å². The van der Waals surface area contributed by atoms with Crippen molar-refractivity contribution in [1.29, 1.82) is 0 Å². The Morgan fingerprint density at radius 2 is 2.10 bits per heavy atom. The molecule has 2 aliphatic rings. The number of carbonyl (C=O) groups is 1. The van der Waals surface area contributed by atoms with E-state index >= 15 is 0 Å². The third-order valence-corrected chi connectivity index (χ3v) is 4.91. The number of nitrogens with zero attached hydrogens (tertiary/aromatic N) is 4. The lowest BCUT2D eigenvalue weighted by atomic mass is 9.85. The quantitative estimate of drug-likeness (QED) is 0.864. The zero-order chi connectivity index (χ0) is 15.2. The summed E-state index contributed by atoms with van der Waals surface area (Å²) in [6, 6.07) is 3.69. The Balaban J connectivity index is 1.83. The van der Waals surface area contributed by atoms with E-state index < -0.39 is 0 Å². The van der Waals surface area contributed by atoms with E-state index in [2.05, 4.69) is 34.3 Å². The van der Waals surface area contributed by atoms with Crippen LogP contribution in [0.3, 0.4) is 0 Å². The van der Waals surface area contributed by atoms with E-state index in [0.29, 0.717) is 17.5 Å². The molecule has 2 saturated heterocycles. The van der Waals surface area contributed by atoms with Gasteiger partial charge in [-0.15, -0.1) is 10.2 Å². The molecule has 21 heavy (non-hydrogen) atoms. The summed E-state index contributed by atoms with van der Waals surface area (Å²) in [4.78, 5) is 15.7. The third kappa shape index (κ3) is 2.27. The van der Waals surface area contributed by atoms with Gasteiger partial charge in [0, 0.05) is 39.3 Å². The van der Waals surface area contributed by atoms with Crippen molar-refractivity contribution >= 4 is 11.7 Å².